The highest BCUT2D eigenvalue weighted by Gasteiger charge is 2.48. The second-order valence-corrected chi connectivity index (χ2v) is 5.65. The molecule has 1 aliphatic heterocycles. The number of urea groups is 1. The Morgan fingerprint density at radius 1 is 1.37 bits per heavy atom. The number of nitrogens with zero attached hydrogens (tertiary/aromatic N) is 1. The van der Waals surface area contributed by atoms with Crippen LogP contribution < -0.4 is 5.32 Å². The van der Waals surface area contributed by atoms with Crippen LogP contribution in [0.2, 0.25) is 0 Å². The molecule has 5 heteroatoms. The molecule has 19 heavy (non-hydrogen) atoms. The maximum Gasteiger partial charge on any atom is 0.329 e. The molecule has 2 N–H and O–H groups in total. The van der Waals surface area contributed by atoms with E-state index in [1.807, 2.05) is 13.8 Å². The highest BCUT2D eigenvalue weighted by molar-refractivity contribution is 5.87. The maximum absolute atomic E-state index is 12.3. The van der Waals surface area contributed by atoms with Crippen LogP contribution in [0.4, 0.5) is 4.79 Å². The van der Waals surface area contributed by atoms with E-state index in [1.54, 1.807) is 0 Å². The van der Waals surface area contributed by atoms with E-state index >= 15 is 0 Å². The predicted molar refractivity (Wildman–Crippen MR) is 74.0 cm³/mol. The van der Waals surface area contributed by atoms with Gasteiger partial charge in [-0.05, 0) is 31.6 Å². The molecule has 110 valence electrons. The van der Waals surface area contributed by atoms with Gasteiger partial charge in [-0.15, -0.1) is 0 Å². The zero-order chi connectivity index (χ0) is 14.6. The van der Waals surface area contributed by atoms with Gasteiger partial charge in [-0.3, -0.25) is 0 Å². The van der Waals surface area contributed by atoms with Crippen LogP contribution in [-0.2, 0) is 4.79 Å². The molecule has 2 unspecified atom stereocenters. The fourth-order valence-corrected chi connectivity index (χ4v) is 2.89. The summed E-state index contributed by atoms with van der Waals surface area (Å²) in [6.07, 6.45) is 2.61. The summed E-state index contributed by atoms with van der Waals surface area (Å²) < 4.78 is 0. The third-order valence-corrected chi connectivity index (χ3v) is 4.27. The molecule has 0 aromatic heterocycles. The molecule has 5 nitrogen and oxygen atoms in total. The van der Waals surface area contributed by atoms with Gasteiger partial charge in [-0.1, -0.05) is 27.7 Å². The lowest BCUT2D eigenvalue weighted by Crippen LogP contribution is -2.57. The van der Waals surface area contributed by atoms with Crippen LogP contribution in [0.25, 0.3) is 0 Å². The van der Waals surface area contributed by atoms with E-state index < -0.39 is 11.5 Å². The molecule has 2 atom stereocenters. The van der Waals surface area contributed by atoms with Gasteiger partial charge in [0.25, 0.3) is 0 Å². The summed E-state index contributed by atoms with van der Waals surface area (Å²) in [6.45, 7) is 8.50. The molecule has 2 amide bonds. The number of carboxylic acid groups (broad SMARTS) is 1. The molecular weight excluding hydrogens is 244 g/mol. The fraction of sp³-hybridized carbons (Fsp3) is 0.857. The van der Waals surface area contributed by atoms with Crippen LogP contribution in [-0.4, -0.2) is 40.1 Å². The van der Waals surface area contributed by atoms with Crippen LogP contribution in [0, 0.1) is 5.92 Å². The van der Waals surface area contributed by atoms with Gasteiger partial charge in [0, 0.05) is 12.6 Å². The van der Waals surface area contributed by atoms with Crippen molar-refractivity contribution in [2.24, 2.45) is 5.92 Å². The van der Waals surface area contributed by atoms with E-state index in [4.69, 9.17) is 0 Å². The maximum atomic E-state index is 12.3. The van der Waals surface area contributed by atoms with Gasteiger partial charge < -0.3 is 15.3 Å². The van der Waals surface area contributed by atoms with Crippen molar-refractivity contribution in [2.45, 2.75) is 65.0 Å². The molecule has 0 radical (unpaired) electrons. The Morgan fingerprint density at radius 3 is 2.42 bits per heavy atom. The van der Waals surface area contributed by atoms with Crippen LogP contribution in [0.5, 0.6) is 0 Å². The van der Waals surface area contributed by atoms with E-state index in [9.17, 15) is 14.7 Å². The highest BCUT2D eigenvalue weighted by Crippen LogP contribution is 2.32. The molecule has 0 aromatic carbocycles. The number of carbonyl (C=O) groups excluding carboxylic acids is 1. The fourth-order valence-electron chi connectivity index (χ4n) is 2.89. The quantitative estimate of drug-likeness (QED) is 0.806. The van der Waals surface area contributed by atoms with E-state index in [2.05, 4.69) is 19.2 Å². The SMILES string of the molecule is CCC(NC(=O)N1CCCC1(CC)C(=O)O)C(C)C. The number of carboxylic acids is 1. The van der Waals surface area contributed by atoms with Crippen molar-refractivity contribution in [1.82, 2.24) is 10.2 Å². The first-order valence-corrected chi connectivity index (χ1v) is 7.20. The zero-order valence-electron chi connectivity index (χ0n) is 12.4. The minimum Gasteiger partial charge on any atom is -0.479 e. The molecule has 0 bridgehead atoms. The second-order valence-electron chi connectivity index (χ2n) is 5.65. The Bertz CT molecular complexity index is 344. The number of hydrogen-bond donors (Lipinski definition) is 2. The van der Waals surface area contributed by atoms with Gasteiger partial charge in [0.15, 0.2) is 0 Å². The third kappa shape index (κ3) is 3.01. The Kier molecular flexibility index (Phi) is 5.20. The molecule has 1 aliphatic rings. The lowest BCUT2D eigenvalue weighted by molar-refractivity contribution is -0.148. The molecule has 0 aromatic rings. The van der Waals surface area contributed by atoms with Gasteiger partial charge in [0.1, 0.15) is 5.54 Å². The first-order valence-electron chi connectivity index (χ1n) is 7.20. The predicted octanol–water partition coefficient (Wildman–Crippen LogP) is 2.46. The first kappa shape index (κ1) is 15.8. The van der Waals surface area contributed by atoms with Gasteiger partial charge in [-0.2, -0.15) is 0 Å². The minimum atomic E-state index is -1.01. The standard InChI is InChI=1S/C14H26N2O3/c1-5-11(10(3)4)15-13(19)16-9-7-8-14(16,6-2)12(17)18/h10-11H,5-9H2,1-4H3,(H,15,19)(H,17,18). The topological polar surface area (TPSA) is 69.6 Å². The molecule has 0 spiro atoms. The van der Waals surface area contributed by atoms with Crippen LogP contribution in [0.15, 0.2) is 0 Å². The molecular formula is C14H26N2O3. The Morgan fingerprint density at radius 2 is 2.00 bits per heavy atom. The Balaban J connectivity index is 2.83. The number of rotatable bonds is 5. The lowest BCUT2D eigenvalue weighted by Gasteiger charge is -2.35. The van der Waals surface area contributed by atoms with Crippen molar-refractivity contribution in [3.05, 3.63) is 0 Å². The molecule has 1 heterocycles. The average Bonchev–Trinajstić information content (AvgIpc) is 2.80. The molecule has 1 saturated heterocycles. The molecule has 0 aliphatic carbocycles. The summed E-state index contributed by atoms with van der Waals surface area (Å²) >= 11 is 0. The normalized spacial score (nSPS) is 24.6. The minimum absolute atomic E-state index is 0.0939. The Hall–Kier alpha value is -1.26. The summed E-state index contributed by atoms with van der Waals surface area (Å²) in [5.41, 5.74) is -1.01. The van der Waals surface area contributed by atoms with Crippen molar-refractivity contribution < 1.29 is 14.7 Å². The smallest absolute Gasteiger partial charge is 0.329 e. The van der Waals surface area contributed by atoms with Gasteiger partial charge in [0.05, 0.1) is 0 Å². The summed E-state index contributed by atoms with van der Waals surface area (Å²) in [5, 5.41) is 12.4. The molecule has 1 fully saturated rings. The largest absolute Gasteiger partial charge is 0.479 e. The average molecular weight is 270 g/mol. The summed E-state index contributed by atoms with van der Waals surface area (Å²) in [5.74, 6) is -0.544. The molecule has 1 rings (SSSR count). The van der Waals surface area contributed by atoms with E-state index in [0.717, 1.165) is 12.8 Å². The van der Waals surface area contributed by atoms with Crippen molar-refractivity contribution in [1.29, 1.82) is 0 Å². The van der Waals surface area contributed by atoms with E-state index in [1.165, 1.54) is 4.90 Å². The second kappa shape index (κ2) is 6.26. The third-order valence-electron chi connectivity index (χ3n) is 4.27. The van der Waals surface area contributed by atoms with Crippen LogP contribution in [0.3, 0.4) is 0 Å². The van der Waals surface area contributed by atoms with Gasteiger partial charge in [-0.25, -0.2) is 9.59 Å². The van der Waals surface area contributed by atoms with Crippen LogP contribution in [0.1, 0.15) is 53.4 Å². The Labute approximate surface area is 115 Å². The van der Waals surface area contributed by atoms with Crippen LogP contribution >= 0.6 is 0 Å². The van der Waals surface area contributed by atoms with Crippen molar-refractivity contribution in [3.63, 3.8) is 0 Å². The van der Waals surface area contributed by atoms with E-state index in [0.29, 0.717) is 25.3 Å². The number of carbonyl (C=O) groups is 2. The summed E-state index contributed by atoms with van der Waals surface area (Å²) in [7, 11) is 0. The van der Waals surface area contributed by atoms with Gasteiger partial charge >= 0.3 is 12.0 Å². The van der Waals surface area contributed by atoms with Crippen molar-refractivity contribution in [3.8, 4) is 0 Å². The summed E-state index contributed by atoms with van der Waals surface area (Å²) in [6, 6.07) is -0.140. The van der Waals surface area contributed by atoms with Crippen molar-refractivity contribution in [2.75, 3.05) is 6.54 Å². The van der Waals surface area contributed by atoms with E-state index in [-0.39, 0.29) is 12.1 Å². The highest BCUT2D eigenvalue weighted by atomic mass is 16.4. The number of amides is 2. The summed E-state index contributed by atoms with van der Waals surface area (Å²) in [4.78, 5) is 25.4. The first-order chi connectivity index (χ1) is 8.89. The number of nitrogens with one attached hydrogen (secondary N) is 1. The van der Waals surface area contributed by atoms with Gasteiger partial charge in [0.2, 0.25) is 0 Å². The monoisotopic (exact) mass is 270 g/mol. The number of hydrogen-bond acceptors (Lipinski definition) is 2. The number of likely N-dealkylation sites (tertiary alicyclic amines) is 1. The number of aliphatic carboxylic acids is 1. The lowest BCUT2D eigenvalue weighted by atomic mass is 9.93. The molecule has 0 saturated carbocycles. The zero-order valence-corrected chi connectivity index (χ0v) is 12.4. The van der Waals surface area contributed by atoms with Crippen molar-refractivity contribution >= 4 is 12.0 Å².